The fourth-order valence-electron chi connectivity index (χ4n) is 3.97. The van der Waals surface area contributed by atoms with E-state index in [9.17, 15) is 14.4 Å². The number of carbonyl (C=O) groups is 3. The Morgan fingerprint density at radius 3 is 1.13 bits per heavy atom. The number of carboxylic acid groups (broad SMARTS) is 1. The number of ether oxygens (including phenoxy) is 12. The highest BCUT2D eigenvalue weighted by Gasteiger charge is 2.04. The van der Waals surface area contributed by atoms with Gasteiger partial charge >= 0.3 is 11.9 Å². The molecule has 2 N–H and O–H groups in total. The van der Waals surface area contributed by atoms with Gasteiger partial charge in [-0.1, -0.05) is 0 Å². The Morgan fingerprint density at radius 1 is 0.472 bits per heavy atom. The normalized spacial score (nSPS) is 11.1. The quantitative estimate of drug-likeness (QED) is 0.0730. The van der Waals surface area contributed by atoms with Crippen LogP contribution in [0.5, 0.6) is 5.75 Å². The van der Waals surface area contributed by atoms with Crippen molar-refractivity contribution in [3.05, 3.63) is 24.3 Å². The lowest BCUT2D eigenvalue weighted by atomic mass is 10.2. The first-order valence-corrected chi connectivity index (χ1v) is 18.1. The molecule has 0 aliphatic carbocycles. The minimum atomic E-state index is -0.866. The van der Waals surface area contributed by atoms with Crippen molar-refractivity contribution in [1.82, 2.24) is 0 Å². The third-order valence-electron chi connectivity index (χ3n) is 6.53. The van der Waals surface area contributed by atoms with Gasteiger partial charge in [0.15, 0.2) is 0 Å². The van der Waals surface area contributed by atoms with Crippen molar-refractivity contribution in [2.45, 2.75) is 32.6 Å². The highest BCUT2D eigenvalue weighted by Crippen LogP contribution is 2.15. The maximum atomic E-state index is 11.5. The van der Waals surface area contributed by atoms with Gasteiger partial charge in [0.05, 0.1) is 132 Å². The molecule has 1 amide bonds. The Hall–Kier alpha value is -2.97. The molecule has 0 spiro atoms. The third-order valence-corrected chi connectivity index (χ3v) is 6.53. The minimum Gasteiger partial charge on any atom is -0.491 e. The zero-order valence-electron chi connectivity index (χ0n) is 31.3. The summed E-state index contributed by atoms with van der Waals surface area (Å²) < 4.78 is 65.1. The van der Waals surface area contributed by atoms with Crippen LogP contribution in [-0.4, -0.2) is 168 Å². The lowest BCUT2D eigenvalue weighted by molar-refractivity contribution is -0.146. The number of unbranched alkanes of at least 4 members (excludes halogenated alkanes) is 1. The number of nitrogens with one attached hydrogen (secondary N) is 1. The van der Waals surface area contributed by atoms with Crippen LogP contribution >= 0.6 is 0 Å². The maximum absolute atomic E-state index is 11.5. The molecule has 0 fully saturated rings. The van der Waals surface area contributed by atoms with Gasteiger partial charge in [-0.2, -0.15) is 0 Å². The molecule has 17 nitrogen and oxygen atoms in total. The zero-order chi connectivity index (χ0) is 38.3. The van der Waals surface area contributed by atoms with Crippen LogP contribution in [0.1, 0.15) is 32.6 Å². The number of aliphatic carboxylic acids is 1. The molecule has 1 aromatic rings. The standard InChI is InChI=1S/C36H61NO16/c1-32(38)37-33-6-8-34(9-7-33)52-30-28-50-26-24-48-22-20-46-18-16-44-14-12-42-10-11-43-13-15-45-17-19-47-21-23-49-25-27-51-29-31-53-36(41)5-3-2-4-35(39)40/h6-9H,2-5,10-31H2,1H3,(H,37,38)(H,39,40). The number of rotatable bonds is 40. The lowest BCUT2D eigenvalue weighted by Crippen LogP contribution is -2.15. The van der Waals surface area contributed by atoms with Gasteiger partial charge in [0.25, 0.3) is 0 Å². The van der Waals surface area contributed by atoms with Crippen LogP contribution < -0.4 is 10.1 Å². The molecule has 0 bridgehead atoms. The summed E-state index contributed by atoms with van der Waals surface area (Å²) in [6.45, 7) is 11.0. The second kappa shape index (κ2) is 37.3. The van der Waals surface area contributed by atoms with Gasteiger partial charge < -0.3 is 67.3 Å². The van der Waals surface area contributed by atoms with Gasteiger partial charge in [-0.25, -0.2) is 0 Å². The molecule has 0 unspecified atom stereocenters. The van der Waals surface area contributed by atoms with Gasteiger partial charge in [0, 0.05) is 25.5 Å². The molecule has 0 saturated carbocycles. The van der Waals surface area contributed by atoms with E-state index in [2.05, 4.69) is 5.32 Å². The van der Waals surface area contributed by atoms with Crippen molar-refractivity contribution >= 4 is 23.5 Å². The van der Waals surface area contributed by atoms with Crippen LogP contribution in [0, 0.1) is 0 Å². The summed E-state index contributed by atoms with van der Waals surface area (Å²) in [4.78, 5) is 32.9. The van der Waals surface area contributed by atoms with Crippen LogP contribution in [0.15, 0.2) is 24.3 Å². The zero-order valence-corrected chi connectivity index (χ0v) is 31.3. The third kappa shape index (κ3) is 35.8. The summed E-state index contributed by atoms with van der Waals surface area (Å²) in [5.74, 6) is -0.624. The molecule has 17 heteroatoms. The molecule has 0 radical (unpaired) electrons. The van der Waals surface area contributed by atoms with Crippen LogP contribution in [0.25, 0.3) is 0 Å². The van der Waals surface area contributed by atoms with Gasteiger partial charge in [0.2, 0.25) is 5.91 Å². The number of carbonyl (C=O) groups excluding carboxylic acids is 2. The smallest absolute Gasteiger partial charge is 0.305 e. The number of benzene rings is 1. The van der Waals surface area contributed by atoms with Crippen molar-refractivity contribution in [2.75, 3.05) is 151 Å². The Balaban J connectivity index is 1.66. The number of amides is 1. The average molecular weight is 764 g/mol. The minimum absolute atomic E-state index is 0.0561. The SMILES string of the molecule is CC(=O)Nc1ccc(OCCOCCOCCOCCOCCOCCOCCOCCOCCOCCOCCOC(=O)CCCCC(=O)O)cc1. The number of carboxylic acids is 1. The van der Waals surface area contributed by atoms with Gasteiger partial charge in [-0.3, -0.25) is 14.4 Å². The summed E-state index contributed by atoms with van der Waals surface area (Å²) in [7, 11) is 0. The van der Waals surface area contributed by atoms with Crippen LogP contribution in [0.4, 0.5) is 5.69 Å². The monoisotopic (exact) mass is 763 g/mol. The summed E-state index contributed by atoms with van der Waals surface area (Å²) in [5, 5.41) is 11.3. The number of anilines is 1. The number of hydrogen-bond donors (Lipinski definition) is 2. The molecule has 0 aromatic heterocycles. The van der Waals surface area contributed by atoms with Crippen molar-refractivity contribution < 1.29 is 76.3 Å². The molecule has 0 aliphatic rings. The Morgan fingerprint density at radius 2 is 0.792 bits per heavy atom. The molecule has 1 rings (SSSR count). The topological polar surface area (TPSA) is 194 Å². The Labute approximate surface area is 313 Å². The fourth-order valence-corrected chi connectivity index (χ4v) is 3.97. The highest BCUT2D eigenvalue weighted by molar-refractivity contribution is 5.88. The lowest BCUT2D eigenvalue weighted by Gasteiger charge is -2.09. The molecule has 0 saturated heterocycles. The molecular formula is C36H61NO16. The molecule has 0 heterocycles. The van der Waals surface area contributed by atoms with Gasteiger partial charge in [0.1, 0.15) is 19.0 Å². The van der Waals surface area contributed by atoms with Crippen molar-refractivity contribution in [2.24, 2.45) is 0 Å². The molecule has 0 atom stereocenters. The largest absolute Gasteiger partial charge is 0.491 e. The van der Waals surface area contributed by atoms with E-state index >= 15 is 0 Å². The van der Waals surface area contributed by atoms with Gasteiger partial charge in [-0.15, -0.1) is 0 Å². The second-order valence-electron chi connectivity index (χ2n) is 11.0. The number of esters is 1. The van der Waals surface area contributed by atoms with Crippen molar-refractivity contribution in [3.8, 4) is 5.75 Å². The predicted molar refractivity (Wildman–Crippen MR) is 191 cm³/mol. The first-order chi connectivity index (χ1) is 26.0. The summed E-state index contributed by atoms with van der Waals surface area (Å²) >= 11 is 0. The van der Waals surface area contributed by atoms with Crippen molar-refractivity contribution in [1.29, 1.82) is 0 Å². The van der Waals surface area contributed by atoms with E-state index in [0.717, 1.165) is 5.69 Å². The first-order valence-electron chi connectivity index (χ1n) is 18.1. The summed E-state index contributed by atoms with van der Waals surface area (Å²) in [6.07, 6.45) is 1.22. The maximum Gasteiger partial charge on any atom is 0.305 e. The van der Waals surface area contributed by atoms with E-state index in [1.54, 1.807) is 24.3 Å². The fraction of sp³-hybridized carbons (Fsp3) is 0.750. The molecule has 53 heavy (non-hydrogen) atoms. The summed E-state index contributed by atoms with van der Waals surface area (Å²) in [5.41, 5.74) is 0.724. The highest BCUT2D eigenvalue weighted by atomic mass is 16.6. The van der Waals surface area contributed by atoms with Crippen LogP contribution in [0.2, 0.25) is 0 Å². The van der Waals surface area contributed by atoms with E-state index in [1.165, 1.54) is 6.92 Å². The summed E-state index contributed by atoms with van der Waals surface area (Å²) in [6, 6.07) is 7.15. The van der Waals surface area contributed by atoms with E-state index in [-0.39, 0.29) is 37.9 Å². The van der Waals surface area contributed by atoms with Crippen LogP contribution in [-0.2, 0) is 66.5 Å². The molecule has 306 valence electrons. The Bertz CT molecular complexity index is 1000. The van der Waals surface area contributed by atoms with E-state index in [4.69, 9.17) is 61.9 Å². The average Bonchev–Trinajstić information content (AvgIpc) is 3.14. The first kappa shape index (κ1) is 48.0. The molecule has 1 aromatic carbocycles. The van der Waals surface area contributed by atoms with Crippen molar-refractivity contribution in [3.63, 3.8) is 0 Å². The molecular weight excluding hydrogens is 702 g/mol. The number of hydrogen-bond acceptors (Lipinski definition) is 15. The van der Waals surface area contributed by atoms with E-state index in [0.29, 0.717) is 151 Å². The van der Waals surface area contributed by atoms with E-state index < -0.39 is 5.97 Å². The Kier molecular flexibility index (Phi) is 33.9. The van der Waals surface area contributed by atoms with Crippen LogP contribution in [0.3, 0.4) is 0 Å². The van der Waals surface area contributed by atoms with Gasteiger partial charge in [-0.05, 0) is 37.1 Å². The molecule has 0 aliphatic heterocycles. The predicted octanol–water partition coefficient (Wildman–Crippen LogP) is 2.38. The van der Waals surface area contributed by atoms with E-state index in [1.807, 2.05) is 0 Å². The second-order valence-corrected chi connectivity index (χ2v) is 11.0.